The lowest BCUT2D eigenvalue weighted by molar-refractivity contribution is 0.180. The highest BCUT2D eigenvalue weighted by molar-refractivity contribution is 4.50. The van der Waals surface area contributed by atoms with Crippen LogP contribution < -0.4 is 0 Å². The molecule has 0 aliphatic heterocycles. The summed E-state index contributed by atoms with van der Waals surface area (Å²) in [6, 6.07) is 0. The van der Waals surface area contributed by atoms with Crippen LogP contribution in [-0.4, -0.2) is 11.2 Å². The van der Waals surface area contributed by atoms with Crippen LogP contribution in [0.4, 0.5) is 0 Å². The van der Waals surface area contributed by atoms with Crippen molar-refractivity contribution in [3.63, 3.8) is 0 Å². The van der Waals surface area contributed by atoms with Crippen molar-refractivity contribution in [3.05, 3.63) is 0 Å². The molecule has 0 fully saturated rings. The first-order chi connectivity index (χ1) is 5.13. The van der Waals surface area contributed by atoms with Crippen LogP contribution in [0, 0.1) is 5.92 Å². The normalized spacial score (nSPS) is 13.9. The first kappa shape index (κ1) is 11.0. The maximum absolute atomic E-state index is 8.96. The summed E-state index contributed by atoms with van der Waals surface area (Å²) in [6.45, 7) is 6.38. The molecule has 1 atom stereocenters. The summed E-state index contributed by atoms with van der Waals surface area (Å²) in [7, 11) is 0. The molecule has 0 aliphatic rings. The molecule has 0 aromatic heterocycles. The zero-order valence-corrected chi connectivity index (χ0v) is 8.14. The minimum absolute atomic E-state index is 0.103. The van der Waals surface area contributed by atoms with Crippen molar-refractivity contribution < 1.29 is 5.11 Å². The molecule has 0 aromatic carbocycles. The Labute approximate surface area is 70.8 Å². The number of hydrogen-bond acceptors (Lipinski definition) is 1. The van der Waals surface area contributed by atoms with Crippen molar-refractivity contribution in [1.29, 1.82) is 0 Å². The minimum Gasteiger partial charge on any atom is -0.393 e. The van der Waals surface area contributed by atoms with Crippen molar-refractivity contribution in [2.75, 3.05) is 0 Å². The van der Waals surface area contributed by atoms with E-state index in [4.69, 9.17) is 5.11 Å². The van der Waals surface area contributed by atoms with E-state index in [1.165, 1.54) is 25.7 Å². The van der Waals surface area contributed by atoms with Crippen LogP contribution in [0.1, 0.15) is 52.9 Å². The van der Waals surface area contributed by atoms with E-state index >= 15 is 0 Å². The zero-order chi connectivity index (χ0) is 8.69. The van der Waals surface area contributed by atoms with E-state index < -0.39 is 0 Å². The summed E-state index contributed by atoms with van der Waals surface area (Å²) in [5.41, 5.74) is 0. The van der Waals surface area contributed by atoms with E-state index in [1.807, 2.05) is 6.92 Å². The molecule has 0 saturated heterocycles. The Balaban J connectivity index is 2.91. The molecule has 0 spiro atoms. The monoisotopic (exact) mass is 158 g/mol. The van der Waals surface area contributed by atoms with Crippen molar-refractivity contribution in [3.8, 4) is 0 Å². The van der Waals surface area contributed by atoms with Crippen LogP contribution in [0.3, 0.4) is 0 Å². The average molecular weight is 158 g/mol. The van der Waals surface area contributed by atoms with E-state index in [-0.39, 0.29) is 6.10 Å². The third-order valence-electron chi connectivity index (χ3n) is 1.90. The second kappa shape index (κ2) is 6.66. The molecule has 1 unspecified atom stereocenters. The predicted octanol–water partition coefficient (Wildman–Crippen LogP) is 2.97. The molecular weight excluding hydrogens is 136 g/mol. The second-order valence-electron chi connectivity index (χ2n) is 3.88. The summed E-state index contributed by atoms with van der Waals surface area (Å²) in [6.07, 6.45) is 5.99. The maximum Gasteiger partial charge on any atom is 0.0512 e. The Bertz CT molecular complexity index is 66.9. The molecule has 0 saturated carbocycles. The third kappa shape index (κ3) is 9.96. The Kier molecular flexibility index (Phi) is 6.63. The highest BCUT2D eigenvalue weighted by Crippen LogP contribution is 2.10. The number of aliphatic hydroxyl groups excluding tert-OH is 1. The lowest BCUT2D eigenvalue weighted by Crippen LogP contribution is -1.98. The molecule has 68 valence electrons. The fourth-order valence-electron chi connectivity index (χ4n) is 1.17. The molecule has 0 heterocycles. The zero-order valence-electron chi connectivity index (χ0n) is 8.14. The summed E-state index contributed by atoms with van der Waals surface area (Å²) in [5.74, 6) is 0.835. The molecule has 0 rings (SSSR count). The number of unbranched alkanes of at least 4 members (excludes halogenated alkanes) is 2. The fourth-order valence-corrected chi connectivity index (χ4v) is 1.17. The largest absolute Gasteiger partial charge is 0.393 e. The lowest BCUT2D eigenvalue weighted by Gasteiger charge is -2.05. The van der Waals surface area contributed by atoms with Gasteiger partial charge >= 0.3 is 0 Å². The van der Waals surface area contributed by atoms with E-state index in [0.29, 0.717) is 0 Å². The summed E-state index contributed by atoms with van der Waals surface area (Å²) >= 11 is 0. The standard InChI is InChI=1S/C10H22O/c1-9(2)7-5-4-6-8-10(3)11/h9-11H,4-8H2,1-3H3. The lowest BCUT2D eigenvalue weighted by atomic mass is 10.0. The highest BCUT2D eigenvalue weighted by atomic mass is 16.3. The van der Waals surface area contributed by atoms with Crippen molar-refractivity contribution in [2.45, 2.75) is 59.0 Å². The molecule has 0 aliphatic carbocycles. The van der Waals surface area contributed by atoms with E-state index in [0.717, 1.165) is 12.3 Å². The quantitative estimate of drug-likeness (QED) is 0.589. The topological polar surface area (TPSA) is 20.2 Å². The van der Waals surface area contributed by atoms with Crippen LogP contribution in [-0.2, 0) is 0 Å². The summed E-state index contributed by atoms with van der Waals surface area (Å²) < 4.78 is 0. The average Bonchev–Trinajstić information content (AvgIpc) is 1.85. The molecule has 1 N–H and O–H groups in total. The van der Waals surface area contributed by atoms with Crippen molar-refractivity contribution >= 4 is 0 Å². The molecule has 1 heteroatoms. The van der Waals surface area contributed by atoms with Crippen LogP contribution in [0.25, 0.3) is 0 Å². The van der Waals surface area contributed by atoms with Gasteiger partial charge in [0.1, 0.15) is 0 Å². The minimum atomic E-state index is -0.103. The first-order valence-corrected chi connectivity index (χ1v) is 4.81. The molecule has 0 aromatic rings. The fraction of sp³-hybridized carbons (Fsp3) is 1.00. The third-order valence-corrected chi connectivity index (χ3v) is 1.90. The van der Waals surface area contributed by atoms with Gasteiger partial charge in [-0.15, -0.1) is 0 Å². The Morgan fingerprint density at radius 1 is 0.909 bits per heavy atom. The Hall–Kier alpha value is -0.0400. The maximum atomic E-state index is 8.96. The van der Waals surface area contributed by atoms with Crippen LogP contribution in [0.2, 0.25) is 0 Å². The Morgan fingerprint density at radius 2 is 1.45 bits per heavy atom. The van der Waals surface area contributed by atoms with Crippen molar-refractivity contribution in [1.82, 2.24) is 0 Å². The summed E-state index contributed by atoms with van der Waals surface area (Å²) in [5, 5.41) is 8.96. The van der Waals surface area contributed by atoms with Gasteiger partial charge in [0, 0.05) is 0 Å². The van der Waals surface area contributed by atoms with Gasteiger partial charge in [-0.2, -0.15) is 0 Å². The molecular formula is C10H22O. The second-order valence-corrected chi connectivity index (χ2v) is 3.88. The number of rotatable bonds is 6. The van der Waals surface area contributed by atoms with Gasteiger partial charge in [-0.3, -0.25) is 0 Å². The van der Waals surface area contributed by atoms with Crippen LogP contribution in [0.15, 0.2) is 0 Å². The molecule has 0 radical (unpaired) electrons. The summed E-state index contributed by atoms with van der Waals surface area (Å²) in [4.78, 5) is 0. The van der Waals surface area contributed by atoms with Gasteiger partial charge in [0.2, 0.25) is 0 Å². The van der Waals surface area contributed by atoms with Gasteiger partial charge in [0.15, 0.2) is 0 Å². The molecule has 11 heavy (non-hydrogen) atoms. The van der Waals surface area contributed by atoms with Crippen molar-refractivity contribution in [2.24, 2.45) is 5.92 Å². The van der Waals surface area contributed by atoms with E-state index in [1.54, 1.807) is 0 Å². The molecule has 0 amide bonds. The Morgan fingerprint density at radius 3 is 1.91 bits per heavy atom. The number of aliphatic hydroxyl groups is 1. The van der Waals surface area contributed by atoms with Crippen LogP contribution in [0.5, 0.6) is 0 Å². The van der Waals surface area contributed by atoms with E-state index in [9.17, 15) is 0 Å². The highest BCUT2D eigenvalue weighted by Gasteiger charge is 1.96. The van der Waals surface area contributed by atoms with Gasteiger partial charge in [-0.25, -0.2) is 0 Å². The predicted molar refractivity (Wildman–Crippen MR) is 49.6 cm³/mol. The van der Waals surface area contributed by atoms with Gasteiger partial charge in [0.05, 0.1) is 6.10 Å². The molecule has 0 bridgehead atoms. The SMILES string of the molecule is CC(C)CCCCCC(C)O. The molecule has 1 nitrogen and oxygen atoms in total. The van der Waals surface area contributed by atoms with Crippen LogP contribution >= 0.6 is 0 Å². The van der Waals surface area contributed by atoms with Gasteiger partial charge < -0.3 is 5.11 Å². The first-order valence-electron chi connectivity index (χ1n) is 4.81. The smallest absolute Gasteiger partial charge is 0.0512 e. The number of hydrogen-bond donors (Lipinski definition) is 1. The van der Waals surface area contributed by atoms with Gasteiger partial charge in [-0.1, -0.05) is 39.5 Å². The van der Waals surface area contributed by atoms with E-state index in [2.05, 4.69) is 13.8 Å². The van der Waals surface area contributed by atoms with Gasteiger partial charge in [0.25, 0.3) is 0 Å². The van der Waals surface area contributed by atoms with Gasteiger partial charge in [-0.05, 0) is 19.3 Å².